The second kappa shape index (κ2) is 4.96. The molecule has 0 spiro atoms. The van der Waals surface area contributed by atoms with Crippen LogP contribution < -0.4 is 10.1 Å². The maximum absolute atomic E-state index is 10.0. The lowest BCUT2D eigenvalue weighted by molar-refractivity contribution is 0.364. The minimum absolute atomic E-state index is 0.252. The number of ether oxygens (including phenoxy) is 1. The number of phenols is 1. The fourth-order valence-electron chi connectivity index (χ4n) is 2.42. The van der Waals surface area contributed by atoms with Crippen molar-refractivity contribution >= 4 is 0 Å². The van der Waals surface area contributed by atoms with E-state index in [1.54, 1.807) is 7.11 Å². The largest absolute Gasteiger partial charge is 0.504 e. The van der Waals surface area contributed by atoms with Crippen LogP contribution in [0.25, 0.3) is 0 Å². The third-order valence-corrected chi connectivity index (χ3v) is 3.43. The molecule has 1 aliphatic rings. The number of hydrogen-bond donors (Lipinski definition) is 2. The summed E-state index contributed by atoms with van der Waals surface area (Å²) in [5, 5.41) is 13.5. The van der Waals surface area contributed by atoms with Gasteiger partial charge in [0.2, 0.25) is 0 Å². The molecule has 17 heavy (non-hydrogen) atoms. The zero-order valence-electron chi connectivity index (χ0n) is 10.8. The summed E-state index contributed by atoms with van der Waals surface area (Å²) in [4.78, 5) is 0. The number of nitrogens with one attached hydrogen (secondary N) is 1. The number of aromatic hydroxyl groups is 1. The van der Waals surface area contributed by atoms with Gasteiger partial charge in [-0.1, -0.05) is 13.8 Å². The first-order valence-corrected chi connectivity index (χ1v) is 6.27. The van der Waals surface area contributed by atoms with Crippen LogP contribution in [0.1, 0.15) is 49.8 Å². The number of rotatable bonds is 3. The van der Waals surface area contributed by atoms with Crippen molar-refractivity contribution in [2.75, 3.05) is 13.7 Å². The number of methoxy groups -OCH3 is 1. The third-order valence-electron chi connectivity index (χ3n) is 3.43. The Labute approximate surface area is 103 Å². The van der Waals surface area contributed by atoms with Crippen molar-refractivity contribution in [3.63, 3.8) is 0 Å². The Balaban J connectivity index is 2.45. The van der Waals surface area contributed by atoms with Crippen molar-refractivity contribution in [2.45, 2.75) is 38.6 Å². The predicted molar refractivity (Wildman–Crippen MR) is 68.7 cm³/mol. The van der Waals surface area contributed by atoms with Crippen LogP contribution in [0.15, 0.2) is 12.1 Å². The fourth-order valence-corrected chi connectivity index (χ4v) is 2.42. The molecule has 0 radical (unpaired) electrons. The van der Waals surface area contributed by atoms with Crippen LogP contribution >= 0.6 is 0 Å². The summed E-state index contributed by atoms with van der Waals surface area (Å²) in [5.41, 5.74) is 2.25. The average molecular weight is 235 g/mol. The predicted octanol–water partition coefficient (Wildman–Crippen LogP) is 2.95. The number of benzene rings is 1. The molecule has 0 bridgehead atoms. The van der Waals surface area contributed by atoms with Crippen molar-refractivity contribution in [1.82, 2.24) is 5.32 Å². The Morgan fingerprint density at radius 3 is 2.71 bits per heavy atom. The highest BCUT2D eigenvalue weighted by Gasteiger charge is 2.23. The molecule has 1 saturated heterocycles. The molecule has 1 aromatic carbocycles. The number of hydrogen-bond acceptors (Lipinski definition) is 3. The summed E-state index contributed by atoms with van der Waals surface area (Å²) in [6.07, 6.45) is 2.29. The Bertz CT molecular complexity index is 395. The molecule has 0 aromatic heterocycles. The maximum Gasteiger partial charge on any atom is 0.165 e. The van der Waals surface area contributed by atoms with Gasteiger partial charge in [-0.15, -0.1) is 0 Å². The molecular weight excluding hydrogens is 214 g/mol. The van der Waals surface area contributed by atoms with E-state index in [2.05, 4.69) is 25.2 Å². The van der Waals surface area contributed by atoms with E-state index >= 15 is 0 Å². The molecule has 1 fully saturated rings. The number of phenolic OH excluding ortho intramolecular Hbond substituents is 1. The highest BCUT2D eigenvalue weighted by Crippen LogP contribution is 2.39. The first-order chi connectivity index (χ1) is 8.13. The molecule has 1 aliphatic heterocycles. The summed E-state index contributed by atoms with van der Waals surface area (Å²) in [6, 6.07) is 4.28. The minimum Gasteiger partial charge on any atom is -0.504 e. The summed E-state index contributed by atoms with van der Waals surface area (Å²) in [6.45, 7) is 5.31. The van der Waals surface area contributed by atoms with Gasteiger partial charge in [-0.2, -0.15) is 0 Å². The molecule has 1 aromatic rings. The Morgan fingerprint density at radius 2 is 2.18 bits per heavy atom. The maximum atomic E-state index is 10.0. The van der Waals surface area contributed by atoms with Gasteiger partial charge in [-0.05, 0) is 43.0 Å². The molecule has 0 aliphatic carbocycles. The Kier molecular flexibility index (Phi) is 3.57. The van der Waals surface area contributed by atoms with Crippen LogP contribution in [-0.4, -0.2) is 18.8 Å². The van der Waals surface area contributed by atoms with E-state index in [0.29, 0.717) is 17.7 Å². The van der Waals surface area contributed by atoms with Gasteiger partial charge >= 0.3 is 0 Å². The fraction of sp³-hybridized carbons (Fsp3) is 0.571. The van der Waals surface area contributed by atoms with Crippen molar-refractivity contribution in [3.05, 3.63) is 23.3 Å². The van der Waals surface area contributed by atoms with Crippen molar-refractivity contribution in [1.29, 1.82) is 0 Å². The summed E-state index contributed by atoms with van der Waals surface area (Å²) < 4.78 is 5.33. The lowest BCUT2D eigenvalue weighted by Gasteiger charge is -2.19. The van der Waals surface area contributed by atoms with E-state index < -0.39 is 0 Å². The van der Waals surface area contributed by atoms with Crippen molar-refractivity contribution < 1.29 is 9.84 Å². The van der Waals surface area contributed by atoms with Gasteiger partial charge in [0.1, 0.15) is 0 Å². The molecule has 3 nitrogen and oxygen atoms in total. The molecule has 1 atom stereocenters. The zero-order chi connectivity index (χ0) is 12.4. The van der Waals surface area contributed by atoms with Gasteiger partial charge in [0.05, 0.1) is 7.11 Å². The first kappa shape index (κ1) is 12.2. The molecule has 94 valence electrons. The lowest BCUT2D eigenvalue weighted by atomic mass is 9.95. The van der Waals surface area contributed by atoms with Gasteiger partial charge in [0.15, 0.2) is 11.5 Å². The molecule has 0 amide bonds. The second-order valence-electron chi connectivity index (χ2n) is 4.97. The second-order valence-corrected chi connectivity index (χ2v) is 4.97. The van der Waals surface area contributed by atoms with E-state index in [1.165, 1.54) is 6.42 Å². The highest BCUT2D eigenvalue weighted by atomic mass is 16.5. The van der Waals surface area contributed by atoms with Gasteiger partial charge in [0, 0.05) is 11.6 Å². The van der Waals surface area contributed by atoms with Crippen LogP contribution in [0, 0.1) is 0 Å². The van der Waals surface area contributed by atoms with Crippen LogP contribution in [0.4, 0.5) is 0 Å². The van der Waals surface area contributed by atoms with E-state index in [1.807, 2.05) is 6.07 Å². The molecule has 2 N–H and O–H groups in total. The van der Waals surface area contributed by atoms with Crippen LogP contribution in [0.5, 0.6) is 11.5 Å². The van der Waals surface area contributed by atoms with E-state index in [9.17, 15) is 5.11 Å². The van der Waals surface area contributed by atoms with Gasteiger partial charge < -0.3 is 15.2 Å². The van der Waals surface area contributed by atoms with E-state index in [0.717, 1.165) is 24.1 Å². The summed E-state index contributed by atoms with van der Waals surface area (Å²) >= 11 is 0. The van der Waals surface area contributed by atoms with Crippen molar-refractivity contribution in [3.8, 4) is 11.5 Å². The van der Waals surface area contributed by atoms with E-state index in [4.69, 9.17) is 4.74 Å². The van der Waals surface area contributed by atoms with Gasteiger partial charge in [-0.25, -0.2) is 0 Å². The topological polar surface area (TPSA) is 41.5 Å². The monoisotopic (exact) mass is 235 g/mol. The standard InChI is InChI=1S/C14H21NO2/c1-9(2)10-7-11(12-5-4-6-15-12)14(17-3)13(16)8-10/h7-9,12,15-16H,4-6H2,1-3H3. The van der Waals surface area contributed by atoms with Gasteiger partial charge in [-0.3, -0.25) is 0 Å². The summed E-state index contributed by atoms with van der Waals surface area (Å²) in [7, 11) is 1.61. The van der Waals surface area contributed by atoms with Crippen molar-refractivity contribution in [2.24, 2.45) is 0 Å². The first-order valence-electron chi connectivity index (χ1n) is 6.27. The van der Waals surface area contributed by atoms with E-state index in [-0.39, 0.29) is 5.75 Å². The molecule has 1 heterocycles. The quantitative estimate of drug-likeness (QED) is 0.846. The molecule has 3 heteroatoms. The third kappa shape index (κ3) is 2.39. The Hall–Kier alpha value is -1.22. The average Bonchev–Trinajstić information content (AvgIpc) is 2.81. The molecule has 2 rings (SSSR count). The highest BCUT2D eigenvalue weighted by molar-refractivity contribution is 5.51. The SMILES string of the molecule is COc1c(O)cc(C(C)C)cc1C1CCCN1. The summed E-state index contributed by atoms with van der Waals surface area (Å²) in [5.74, 6) is 1.28. The lowest BCUT2D eigenvalue weighted by Crippen LogP contribution is -2.14. The molecule has 0 saturated carbocycles. The van der Waals surface area contributed by atoms with Gasteiger partial charge in [0.25, 0.3) is 0 Å². The van der Waals surface area contributed by atoms with Crippen LogP contribution in [-0.2, 0) is 0 Å². The van der Waals surface area contributed by atoms with Crippen LogP contribution in [0.2, 0.25) is 0 Å². The van der Waals surface area contributed by atoms with Crippen LogP contribution in [0.3, 0.4) is 0 Å². The molecule has 1 unspecified atom stereocenters. The smallest absolute Gasteiger partial charge is 0.165 e. The minimum atomic E-state index is 0.252. The molecular formula is C14H21NO2. The Morgan fingerprint density at radius 1 is 1.41 bits per heavy atom. The normalized spacial score (nSPS) is 19.9. The zero-order valence-corrected chi connectivity index (χ0v) is 10.8.